The fourth-order valence-electron chi connectivity index (χ4n) is 6.83. The van der Waals surface area contributed by atoms with E-state index in [0.29, 0.717) is 108 Å². The molecule has 0 aliphatic carbocycles. The minimum atomic E-state index is -4.95. The van der Waals surface area contributed by atoms with Crippen LogP contribution in [0, 0.1) is 0 Å². The van der Waals surface area contributed by atoms with Crippen LogP contribution in [0.5, 0.6) is 11.5 Å². The van der Waals surface area contributed by atoms with Crippen LogP contribution in [0.1, 0.15) is 90.4 Å². The molecule has 1 aromatic heterocycles. The van der Waals surface area contributed by atoms with Crippen LogP contribution >= 0.6 is 0 Å². The molecule has 3 atom stereocenters. The third-order valence-corrected chi connectivity index (χ3v) is 10.3. The van der Waals surface area contributed by atoms with Gasteiger partial charge in [-0.25, -0.2) is 9.97 Å². The van der Waals surface area contributed by atoms with Crippen LogP contribution in [0.15, 0.2) is 41.7 Å². The highest BCUT2D eigenvalue weighted by Gasteiger charge is 2.36. The molecule has 2 saturated heterocycles. The minimum Gasteiger partial charge on any atom is -0.485 e. The highest BCUT2D eigenvalue weighted by molar-refractivity contribution is 6.09. The second kappa shape index (κ2) is 24.0. The number of alkyl halides is 6. The Kier molecular flexibility index (Phi) is 18.6. The lowest BCUT2D eigenvalue weighted by Crippen LogP contribution is -2.47. The van der Waals surface area contributed by atoms with Gasteiger partial charge in [0.05, 0.1) is 39.7 Å². The number of hydrogen-bond donors (Lipinski definition) is 10. The van der Waals surface area contributed by atoms with Crippen LogP contribution in [0.25, 0.3) is 0 Å². The van der Waals surface area contributed by atoms with Gasteiger partial charge in [-0.2, -0.15) is 26.3 Å². The number of nitrogens with zero attached hydrogens (tertiary/aromatic N) is 3. The van der Waals surface area contributed by atoms with Gasteiger partial charge in [0, 0.05) is 38.5 Å². The molecular formula is C42H55F6N13O6. The van der Waals surface area contributed by atoms with Crippen LogP contribution in [0.3, 0.4) is 0 Å². The van der Waals surface area contributed by atoms with E-state index in [1.54, 1.807) is 14.0 Å². The van der Waals surface area contributed by atoms with Crippen molar-refractivity contribution in [2.45, 2.75) is 89.1 Å². The van der Waals surface area contributed by atoms with Gasteiger partial charge in [-0.05, 0) is 96.4 Å². The van der Waals surface area contributed by atoms with E-state index in [-0.39, 0.29) is 35.7 Å². The Morgan fingerprint density at radius 3 is 1.58 bits per heavy atom. The fourth-order valence-corrected chi connectivity index (χ4v) is 6.83. The Morgan fingerprint density at radius 2 is 1.18 bits per heavy atom. The van der Waals surface area contributed by atoms with Crippen molar-refractivity contribution in [3.63, 3.8) is 0 Å². The minimum absolute atomic E-state index is 0.0710. The topological polar surface area (TPSA) is 273 Å². The number of aliphatic imine (C=N–C) groups is 1. The standard InChI is InChI=1S/C42H55F6N13O6/c1-23(49)54-11-5-3-7-34(62)58-28-15-24(41(43,44)45)17-30(36(28)66-26-9-13-52-20-26)60-38(64)32-19-33(57-22-56-32)39(65)61-31-18-25(42(46,47)48)16-29(37(31)67-27-10-14-53-21-27)59-35(63)8-4-6-12-55-40(50)51-2/h15-19,22,26-27,40,51-53,55H,3-14,20-21,50H2,1-2H3,(H2,49,54)(H,58,62)(H,59,63)(H,60,64)(H,61,65). The number of halogens is 6. The molecule has 2 fully saturated rings. The maximum Gasteiger partial charge on any atom is 0.416 e. The monoisotopic (exact) mass is 951 g/mol. The maximum atomic E-state index is 14.3. The van der Waals surface area contributed by atoms with Crippen LogP contribution in [0.4, 0.5) is 49.1 Å². The first-order valence-corrected chi connectivity index (χ1v) is 21.5. The summed E-state index contributed by atoms with van der Waals surface area (Å²) in [4.78, 5) is 65.5. The first kappa shape index (κ1) is 51.8. The van der Waals surface area contributed by atoms with Crippen molar-refractivity contribution in [1.29, 1.82) is 0 Å². The van der Waals surface area contributed by atoms with Gasteiger partial charge < -0.3 is 52.8 Å². The Morgan fingerprint density at radius 1 is 0.731 bits per heavy atom. The van der Waals surface area contributed by atoms with Crippen molar-refractivity contribution in [3.05, 3.63) is 59.2 Å². The SMILES string of the molecule is CNC(N)NCCCCC(=O)Nc1cc(C(F)(F)F)cc(NC(=O)c2cc(C(=O)Nc3cc(C(F)(F)F)cc(NC(=O)CCCCN=C(C)N)c3OC3CCNC3)ncn2)c1OC1CCNC1. The van der Waals surface area contributed by atoms with Gasteiger partial charge in [-0.1, -0.05) is 0 Å². The molecule has 0 saturated carbocycles. The van der Waals surface area contributed by atoms with E-state index in [4.69, 9.17) is 20.9 Å². The van der Waals surface area contributed by atoms with Crippen LogP contribution in [-0.4, -0.2) is 104 Å². The third-order valence-electron chi connectivity index (χ3n) is 10.3. The van der Waals surface area contributed by atoms with Gasteiger partial charge in [0.1, 0.15) is 36.2 Å². The molecular weight excluding hydrogens is 897 g/mol. The number of unbranched alkanes of at least 4 members (excludes halogenated alkanes) is 2. The van der Waals surface area contributed by atoms with Crippen LogP contribution in [-0.2, 0) is 21.9 Å². The second-order valence-electron chi connectivity index (χ2n) is 15.7. The molecule has 0 spiro atoms. The molecule has 2 aliphatic heterocycles. The molecule has 19 nitrogen and oxygen atoms in total. The largest absolute Gasteiger partial charge is 0.485 e. The first-order chi connectivity index (χ1) is 31.8. The number of amides is 4. The fraction of sp³-hybridized carbons (Fsp3) is 0.500. The summed E-state index contributed by atoms with van der Waals surface area (Å²) in [5.74, 6) is -3.72. The van der Waals surface area contributed by atoms with Gasteiger partial charge in [0.25, 0.3) is 11.8 Å². The molecule has 25 heteroatoms. The number of anilines is 4. The number of nitrogens with two attached hydrogens (primary N) is 2. The average Bonchev–Trinajstić information content (AvgIpc) is 3.99. The summed E-state index contributed by atoms with van der Waals surface area (Å²) < 4.78 is 98.1. The molecule has 12 N–H and O–H groups in total. The molecule has 2 aliphatic rings. The van der Waals surface area contributed by atoms with Gasteiger partial charge in [-0.15, -0.1) is 0 Å². The number of rotatable bonds is 22. The van der Waals surface area contributed by atoms with E-state index in [1.165, 1.54) is 0 Å². The number of aromatic nitrogens is 2. The normalized spacial score (nSPS) is 16.9. The third kappa shape index (κ3) is 16.0. The summed E-state index contributed by atoms with van der Waals surface area (Å²) in [7, 11) is 1.66. The molecule has 0 bridgehead atoms. The number of ether oxygens (including phenoxy) is 2. The molecule has 4 amide bonds. The lowest BCUT2D eigenvalue weighted by molar-refractivity contribution is -0.138. The van der Waals surface area contributed by atoms with E-state index in [1.807, 2.05) is 0 Å². The van der Waals surface area contributed by atoms with E-state index in [9.17, 15) is 45.5 Å². The number of hydrogen-bond acceptors (Lipinski definition) is 14. The number of benzene rings is 2. The highest BCUT2D eigenvalue weighted by Crippen LogP contribution is 2.43. The van der Waals surface area contributed by atoms with Crippen molar-refractivity contribution >= 4 is 52.2 Å². The maximum absolute atomic E-state index is 14.3. The molecule has 366 valence electrons. The Bertz CT molecular complexity index is 2230. The van der Waals surface area contributed by atoms with Crippen molar-refractivity contribution in [1.82, 2.24) is 31.2 Å². The van der Waals surface area contributed by atoms with Crippen molar-refractivity contribution in [3.8, 4) is 11.5 Å². The zero-order chi connectivity index (χ0) is 48.7. The van der Waals surface area contributed by atoms with Gasteiger partial charge in [-0.3, -0.25) is 34.8 Å². The Labute approximate surface area is 381 Å². The van der Waals surface area contributed by atoms with Crippen LogP contribution < -0.4 is 63.5 Å². The van der Waals surface area contributed by atoms with Gasteiger partial charge in [0.2, 0.25) is 11.8 Å². The highest BCUT2D eigenvalue weighted by atomic mass is 19.4. The predicted molar refractivity (Wildman–Crippen MR) is 237 cm³/mol. The van der Waals surface area contributed by atoms with E-state index in [2.05, 4.69) is 57.5 Å². The zero-order valence-corrected chi connectivity index (χ0v) is 36.8. The number of nitrogens with one attached hydrogen (secondary N) is 8. The molecule has 2 aromatic carbocycles. The summed E-state index contributed by atoms with van der Waals surface area (Å²) in [6.45, 7) is 4.08. The Hall–Kier alpha value is -6.15. The molecule has 67 heavy (non-hydrogen) atoms. The lowest BCUT2D eigenvalue weighted by Gasteiger charge is -2.22. The number of amidine groups is 1. The van der Waals surface area contributed by atoms with Crippen molar-refractivity contribution in [2.75, 3.05) is 67.6 Å². The van der Waals surface area contributed by atoms with E-state index < -0.39 is 88.4 Å². The summed E-state index contributed by atoms with van der Waals surface area (Å²) >= 11 is 0. The quantitative estimate of drug-likeness (QED) is 0.0223. The molecule has 3 unspecified atom stereocenters. The predicted octanol–water partition coefficient (Wildman–Crippen LogP) is 4.15. The molecule has 5 rings (SSSR count). The lowest BCUT2D eigenvalue weighted by atomic mass is 10.1. The molecule has 3 aromatic rings. The summed E-state index contributed by atoms with van der Waals surface area (Å²) in [5.41, 5.74) is 6.02. The van der Waals surface area contributed by atoms with Gasteiger partial charge in [0.15, 0.2) is 11.5 Å². The average molecular weight is 952 g/mol. The van der Waals surface area contributed by atoms with E-state index in [0.717, 1.165) is 12.4 Å². The Balaban J connectivity index is 1.42. The number of carbonyl (C=O) groups is 4. The molecule has 3 heterocycles. The smallest absolute Gasteiger partial charge is 0.416 e. The number of carbonyl (C=O) groups excluding carboxylic acids is 4. The molecule has 0 radical (unpaired) electrons. The summed E-state index contributed by atoms with van der Waals surface area (Å²) in [6.07, 6.45) is -8.28. The van der Waals surface area contributed by atoms with Crippen LogP contribution in [0.2, 0.25) is 0 Å². The van der Waals surface area contributed by atoms with Crippen molar-refractivity contribution in [2.24, 2.45) is 16.5 Å². The van der Waals surface area contributed by atoms with Gasteiger partial charge >= 0.3 is 12.4 Å². The summed E-state index contributed by atoms with van der Waals surface area (Å²) in [5, 5.41) is 21.6. The zero-order valence-electron chi connectivity index (χ0n) is 36.8. The second-order valence-corrected chi connectivity index (χ2v) is 15.7. The summed E-state index contributed by atoms with van der Waals surface area (Å²) in [6, 6.07) is 3.50. The van der Waals surface area contributed by atoms with Crippen molar-refractivity contribution < 1.29 is 55.0 Å². The van der Waals surface area contributed by atoms with E-state index >= 15 is 0 Å². The first-order valence-electron chi connectivity index (χ1n) is 21.5.